The smallest absolute Gasteiger partial charge is 0.305 e. The molecule has 11 heteroatoms. The third kappa shape index (κ3) is 5.32. The van der Waals surface area contributed by atoms with Crippen molar-refractivity contribution in [3.63, 3.8) is 0 Å². The summed E-state index contributed by atoms with van der Waals surface area (Å²) in [5.41, 5.74) is 4.66. The standard InChI is InChI=1S/C23H26N4O6S/c1-26-15-19(34(30,31)27-12-6-3-7-13-27)14-20(26)22(28)24-25-23(29)21-11-10-18(33-21)16-32-17-8-4-2-5-9-17/h2,4-5,8-11,14-15H,3,6-7,12-13,16H2,1H3,(H,24,28)(H,25,29). The maximum Gasteiger partial charge on any atom is 0.305 e. The number of aromatic nitrogens is 1. The van der Waals surface area contributed by atoms with Crippen molar-refractivity contribution in [1.29, 1.82) is 0 Å². The molecule has 1 aliphatic rings. The average Bonchev–Trinajstić information content (AvgIpc) is 3.49. The number of aryl methyl sites for hydroxylation is 1. The molecule has 2 aromatic heterocycles. The van der Waals surface area contributed by atoms with Crippen LogP contribution in [-0.2, 0) is 23.7 Å². The van der Waals surface area contributed by atoms with Crippen LogP contribution in [0.25, 0.3) is 0 Å². The van der Waals surface area contributed by atoms with Gasteiger partial charge in [0.25, 0.3) is 5.91 Å². The second-order valence-corrected chi connectivity index (χ2v) is 9.85. The van der Waals surface area contributed by atoms with Gasteiger partial charge in [0.05, 0.1) is 0 Å². The third-order valence-electron chi connectivity index (χ3n) is 5.46. The first-order valence-electron chi connectivity index (χ1n) is 10.9. The van der Waals surface area contributed by atoms with E-state index >= 15 is 0 Å². The Labute approximate surface area is 197 Å². The molecule has 2 N–H and O–H groups in total. The molecule has 180 valence electrons. The van der Waals surface area contributed by atoms with Gasteiger partial charge in [0.2, 0.25) is 10.0 Å². The Morgan fingerprint density at radius 1 is 1.00 bits per heavy atom. The molecule has 34 heavy (non-hydrogen) atoms. The molecular weight excluding hydrogens is 460 g/mol. The van der Waals surface area contributed by atoms with Crippen LogP contribution in [0.15, 0.2) is 64.0 Å². The Kier molecular flexibility index (Phi) is 7.03. The van der Waals surface area contributed by atoms with Crippen molar-refractivity contribution >= 4 is 21.8 Å². The molecule has 0 saturated carbocycles. The molecule has 0 spiro atoms. The van der Waals surface area contributed by atoms with E-state index in [9.17, 15) is 18.0 Å². The van der Waals surface area contributed by atoms with Gasteiger partial charge in [-0.1, -0.05) is 24.6 Å². The second kappa shape index (κ2) is 10.1. The first kappa shape index (κ1) is 23.6. The van der Waals surface area contributed by atoms with Gasteiger partial charge in [0.15, 0.2) is 5.76 Å². The number of carbonyl (C=O) groups excluding carboxylic acids is 2. The zero-order chi connectivity index (χ0) is 24.1. The van der Waals surface area contributed by atoms with Crippen LogP contribution in [0.4, 0.5) is 0 Å². The van der Waals surface area contributed by atoms with Crippen molar-refractivity contribution in [3.8, 4) is 5.75 Å². The van der Waals surface area contributed by atoms with E-state index in [4.69, 9.17) is 9.15 Å². The fourth-order valence-electron chi connectivity index (χ4n) is 3.64. The number of amides is 2. The van der Waals surface area contributed by atoms with E-state index in [0.717, 1.165) is 19.3 Å². The summed E-state index contributed by atoms with van der Waals surface area (Å²) < 4.78 is 39.6. The fourth-order valence-corrected chi connectivity index (χ4v) is 5.23. The van der Waals surface area contributed by atoms with Crippen LogP contribution in [0, 0.1) is 0 Å². The fraction of sp³-hybridized carbons (Fsp3) is 0.304. The van der Waals surface area contributed by atoms with Crippen molar-refractivity contribution in [2.75, 3.05) is 13.1 Å². The summed E-state index contributed by atoms with van der Waals surface area (Å²) in [5, 5.41) is 0. The van der Waals surface area contributed by atoms with Gasteiger partial charge in [-0.15, -0.1) is 0 Å². The first-order chi connectivity index (χ1) is 16.3. The summed E-state index contributed by atoms with van der Waals surface area (Å²) in [5.74, 6) is -0.214. The number of benzene rings is 1. The van der Waals surface area contributed by atoms with E-state index in [2.05, 4.69) is 10.9 Å². The molecule has 3 heterocycles. The molecule has 1 saturated heterocycles. The number of hydrogen-bond donors (Lipinski definition) is 2. The SMILES string of the molecule is Cn1cc(S(=O)(=O)N2CCCCC2)cc1C(=O)NNC(=O)c1ccc(COc2ccccc2)o1. The van der Waals surface area contributed by atoms with Gasteiger partial charge in [-0.3, -0.25) is 20.4 Å². The molecule has 0 atom stereocenters. The van der Waals surface area contributed by atoms with Crippen LogP contribution in [0.2, 0.25) is 0 Å². The normalized spacial score (nSPS) is 14.5. The van der Waals surface area contributed by atoms with Crippen LogP contribution in [0.1, 0.15) is 46.1 Å². The number of nitrogens with one attached hydrogen (secondary N) is 2. The Morgan fingerprint density at radius 3 is 2.44 bits per heavy atom. The number of hydrazine groups is 1. The van der Waals surface area contributed by atoms with Crippen LogP contribution >= 0.6 is 0 Å². The predicted octanol–water partition coefficient (Wildman–Crippen LogP) is 2.45. The minimum Gasteiger partial charge on any atom is -0.486 e. The zero-order valence-electron chi connectivity index (χ0n) is 18.7. The maximum atomic E-state index is 12.9. The maximum absolute atomic E-state index is 12.9. The highest BCUT2D eigenvalue weighted by Crippen LogP contribution is 2.22. The molecule has 0 radical (unpaired) electrons. The van der Waals surface area contributed by atoms with Gasteiger partial charge >= 0.3 is 5.91 Å². The van der Waals surface area contributed by atoms with Crippen LogP contribution < -0.4 is 15.6 Å². The number of para-hydroxylation sites is 1. The van der Waals surface area contributed by atoms with E-state index in [1.165, 1.54) is 27.2 Å². The molecule has 1 aliphatic heterocycles. The number of sulfonamides is 1. The van der Waals surface area contributed by atoms with Gasteiger partial charge in [0, 0.05) is 26.3 Å². The highest BCUT2D eigenvalue weighted by atomic mass is 32.2. The van der Waals surface area contributed by atoms with Crippen LogP contribution in [0.5, 0.6) is 5.75 Å². The average molecular weight is 487 g/mol. The van der Waals surface area contributed by atoms with Gasteiger partial charge in [-0.2, -0.15) is 4.31 Å². The molecule has 0 unspecified atom stereocenters. The summed E-state index contributed by atoms with van der Waals surface area (Å²) >= 11 is 0. The highest BCUT2D eigenvalue weighted by molar-refractivity contribution is 7.89. The van der Waals surface area contributed by atoms with Gasteiger partial charge in [0.1, 0.15) is 28.7 Å². The molecule has 1 fully saturated rings. The van der Waals surface area contributed by atoms with Crippen LogP contribution in [0.3, 0.4) is 0 Å². The minimum absolute atomic E-state index is 0.00721. The Morgan fingerprint density at radius 2 is 1.71 bits per heavy atom. The second-order valence-electron chi connectivity index (χ2n) is 7.91. The number of ether oxygens (including phenoxy) is 1. The lowest BCUT2D eigenvalue weighted by Gasteiger charge is -2.25. The number of carbonyl (C=O) groups is 2. The van der Waals surface area contributed by atoms with Crippen molar-refractivity contribution in [3.05, 3.63) is 71.9 Å². The van der Waals surface area contributed by atoms with Crippen molar-refractivity contribution in [2.45, 2.75) is 30.8 Å². The van der Waals surface area contributed by atoms with Crippen molar-refractivity contribution in [1.82, 2.24) is 19.7 Å². The predicted molar refractivity (Wildman–Crippen MR) is 122 cm³/mol. The van der Waals surface area contributed by atoms with E-state index in [1.807, 2.05) is 18.2 Å². The van der Waals surface area contributed by atoms with Gasteiger partial charge in [-0.25, -0.2) is 8.42 Å². The summed E-state index contributed by atoms with van der Waals surface area (Å²) in [6.45, 7) is 1.08. The Hall–Kier alpha value is -3.57. The lowest BCUT2D eigenvalue weighted by molar-refractivity contribution is 0.0824. The molecule has 4 rings (SSSR count). The molecule has 3 aromatic rings. The van der Waals surface area contributed by atoms with E-state index < -0.39 is 21.8 Å². The molecule has 0 aliphatic carbocycles. The number of furan rings is 1. The monoisotopic (exact) mass is 486 g/mol. The molecule has 2 amide bonds. The topological polar surface area (TPSA) is 123 Å². The summed E-state index contributed by atoms with van der Waals surface area (Å²) in [4.78, 5) is 25.0. The minimum atomic E-state index is -3.68. The number of hydrogen-bond acceptors (Lipinski definition) is 6. The number of nitrogens with zero attached hydrogens (tertiary/aromatic N) is 2. The lowest BCUT2D eigenvalue weighted by atomic mass is 10.2. The van der Waals surface area contributed by atoms with Gasteiger partial charge < -0.3 is 13.7 Å². The van der Waals surface area contributed by atoms with Crippen molar-refractivity contribution in [2.24, 2.45) is 7.05 Å². The van der Waals surface area contributed by atoms with E-state index in [-0.39, 0.29) is 23.0 Å². The summed E-state index contributed by atoms with van der Waals surface area (Å²) in [6, 6.07) is 13.6. The molecular formula is C23H26N4O6S. The number of piperidine rings is 1. The zero-order valence-corrected chi connectivity index (χ0v) is 19.5. The summed E-state index contributed by atoms with van der Waals surface area (Å²) in [6.07, 6.45) is 4.04. The third-order valence-corrected chi connectivity index (χ3v) is 7.33. The number of rotatable bonds is 7. The molecule has 1 aromatic carbocycles. The summed E-state index contributed by atoms with van der Waals surface area (Å²) in [7, 11) is -2.11. The Balaban J connectivity index is 1.34. The van der Waals surface area contributed by atoms with E-state index in [1.54, 1.807) is 25.2 Å². The quantitative estimate of drug-likeness (QED) is 0.495. The highest BCUT2D eigenvalue weighted by Gasteiger charge is 2.28. The molecule has 10 nitrogen and oxygen atoms in total. The first-order valence-corrected chi connectivity index (χ1v) is 12.3. The van der Waals surface area contributed by atoms with Crippen LogP contribution in [-0.4, -0.2) is 42.2 Å². The van der Waals surface area contributed by atoms with E-state index in [0.29, 0.717) is 24.6 Å². The lowest BCUT2D eigenvalue weighted by Crippen LogP contribution is -2.42. The molecule has 0 bridgehead atoms. The largest absolute Gasteiger partial charge is 0.486 e. The Bertz CT molecular complexity index is 1260. The van der Waals surface area contributed by atoms with Crippen molar-refractivity contribution < 1.29 is 27.2 Å². The van der Waals surface area contributed by atoms with Gasteiger partial charge in [-0.05, 0) is 43.2 Å².